The van der Waals surface area contributed by atoms with E-state index >= 15 is 0 Å². The molecule has 3 aromatic rings. The standard InChI is InChI=1S/C26H28FN3O3/c1-32-23-4-2-3-22(17-23)24(10-12-30-13-15-33-16-14-30)29-26(31)20-7-5-19(6-8-20)21-9-11-28-25(27)18-21/h2-9,11,17-18,24H,10,12-16H2,1H3,(H,29,31)/t24-/m1/s1. The van der Waals surface area contributed by atoms with Crippen molar-refractivity contribution < 1.29 is 18.7 Å². The second kappa shape index (κ2) is 11.0. The van der Waals surface area contributed by atoms with E-state index in [9.17, 15) is 9.18 Å². The summed E-state index contributed by atoms with van der Waals surface area (Å²) in [4.78, 5) is 19.0. The molecule has 0 bridgehead atoms. The van der Waals surface area contributed by atoms with Crippen LogP contribution in [0.5, 0.6) is 5.75 Å². The van der Waals surface area contributed by atoms with Crippen molar-refractivity contribution in [2.24, 2.45) is 0 Å². The number of pyridine rings is 1. The van der Waals surface area contributed by atoms with Crippen LogP contribution in [-0.2, 0) is 4.74 Å². The highest BCUT2D eigenvalue weighted by Gasteiger charge is 2.19. The zero-order chi connectivity index (χ0) is 23.0. The molecule has 7 heteroatoms. The Morgan fingerprint density at radius 2 is 1.91 bits per heavy atom. The van der Waals surface area contributed by atoms with Gasteiger partial charge in [-0.05, 0) is 53.4 Å². The van der Waals surface area contributed by atoms with Crippen LogP contribution in [0.15, 0.2) is 66.9 Å². The Hall–Kier alpha value is -3.29. The minimum Gasteiger partial charge on any atom is -0.497 e. The van der Waals surface area contributed by atoms with Gasteiger partial charge in [-0.3, -0.25) is 9.69 Å². The zero-order valence-electron chi connectivity index (χ0n) is 18.7. The minimum atomic E-state index is -0.532. The summed E-state index contributed by atoms with van der Waals surface area (Å²) in [7, 11) is 1.64. The molecule has 1 atom stereocenters. The summed E-state index contributed by atoms with van der Waals surface area (Å²) in [5, 5.41) is 3.19. The fourth-order valence-electron chi connectivity index (χ4n) is 3.95. The maximum Gasteiger partial charge on any atom is 0.251 e. The molecule has 1 aliphatic rings. The second-order valence-electron chi connectivity index (χ2n) is 7.99. The molecule has 6 nitrogen and oxygen atoms in total. The molecule has 0 spiro atoms. The van der Waals surface area contributed by atoms with E-state index < -0.39 is 5.95 Å². The predicted octanol–water partition coefficient (Wildman–Crippen LogP) is 4.09. The van der Waals surface area contributed by atoms with Gasteiger partial charge in [0.05, 0.1) is 26.4 Å². The van der Waals surface area contributed by atoms with Gasteiger partial charge in [0.15, 0.2) is 0 Å². The number of nitrogens with one attached hydrogen (secondary N) is 1. The van der Waals surface area contributed by atoms with Crippen molar-refractivity contribution >= 4 is 5.91 Å². The fourth-order valence-corrected chi connectivity index (χ4v) is 3.95. The number of ether oxygens (including phenoxy) is 2. The number of halogens is 1. The summed E-state index contributed by atoms with van der Waals surface area (Å²) in [6.07, 6.45) is 2.20. The molecule has 172 valence electrons. The molecule has 33 heavy (non-hydrogen) atoms. The number of hydrogen-bond donors (Lipinski definition) is 1. The molecule has 1 aromatic heterocycles. The highest BCUT2D eigenvalue weighted by molar-refractivity contribution is 5.95. The summed E-state index contributed by atoms with van der Waals surface area (Å²) < 4.78 is 24.3. The van der Waals surface area contributed by atoms with Gasteiger partial charge in [-0.1, -0.05) is 24.3 Å². The molecule has 2 aromatic carbocycles. The van der Waals surface area contributed by atoms with E-state index in [0.29, 0.717) is 11.1 Å². The lowest BCUT2D eigenvalue weighted by atomic mass is 10.0. The highest BCUT2D eigenvalue weighted by Crippen LogP contribution is 2.24. The lowest BCUT2D eigenvalue weighted by molar-refractivity contribution is 0.0360. The van der Waals surface area contributed by atoms with Crippen LogP contribution in [0, 0.1) is 5.95 Å². The molecule has 2 heterocycles. The van der Waals surface area contributed by atoms with Gasteiger partial charge in [-0.25, -0.2) is 4.98 Å². The average molecular weight is 450 g/mol. The van der Waals surface area contributed by atoms with E-state index in [1.807, 2.05) is 36.4 Å². The maximum atomic E-state index is 13.4. The van der Waals surface area contributed by atoms with Crippen molar-refractivity contribution in [1.82, 2.24) is 15.2 Å². The second-order valence-corrected chi connectivity index (χ2v) is 7.99. The number of amides is 1. The zero-order valence-corrected chi connectivity index (χ0v) is 18.7. The molecule has 1 amide bonds. The molecule has 0 saturated carbocycles. The van der Waals surface area contributed by atoms with Gasteiger partial charge in [0.1, 0.15) is 5.75 Å². The molecule has 0 radical (unpaired) electrons. The Balaban J connectivity index is 1.48. The van der Waals surface area contributed by atoms with E-state index in [2.05, 4.69) is 15.2 Å². The summed E-state index contributed by atoms with van der Waals surface area (Å²) in [6.45, 7) is 4.14. The fraction of sp³-hybridized carbons (Fsp3) is 0.308. The third kappa shape index (κ3) is 6.15. The van der Waals surface area contributed by atoms with Gasteiger partial charge >= 0.3 is 0 Å². The Morgan fingerprint density at radius 3 is 2.64 bits per heavy atom. The Bertz CT molecular complexity index is 1070. The van der Waals surface area contributed by atoms with Crippen LogP contribution in [0.4, 0.5) is 4.39 Å². The molecular formula is C26H28FN3O3. The van der Waals surface area contributed by atoms with Gasteiger partial charge in [-0.2, -0.15) is 4.39 Å². The summed E-state index contributed by atoms with van der Waals surface area (Å²) in [5.74, 6) is 0.0695. The first-order valence-corrected chi connectivity index (χ1v) is 11.1. The van der Waals surface area contributed by atoms with E-state index in [-0.39, 0.29) is 11.9 Å². The Labute approximate surface area is 193 Å². The van der Waals surface area contributed by atoms with Crippen molar-refractivity contribution in [1.29, 1.82) is 0 Å². The number of nitrogens with zero attached hydrogens (tertiary/aromatic N) is 2. The lowest BCUT2D eigenvalue weighted by Gasteiger charge is -2.29. The van der Waals surface area contributed by atoms with Crippen molar-refractivity contribution in [3.63, 3.8) is 0 Å². The number of rotatable bonds is 8. The largest absolute Gasteiger partial charge is 0.497 e. The van der Waals surface area contributed by atoms with Crippen LogP contribution >= 0.6 is 0 Å². The molecule has 1 fully saturated rings. The molecular weight excluding hydrogens is 421 g/mol. The van der Waals surface area contributed by atoms with Gasteiger partial charge in [0, 0.05) is 37.5 Å². The first-order chi connectivity index (χ1) is 16.1. The first kappa shape index (κ1) is 22.9. The van der Waals surface area contributed by atoms with Crippen LogP contribution in [0.25, 0.3) is 11.1 Å². The number of carbonyl (C=O) groups is 1. The minimum absolute atomic E-state index is 0.155. The normalized spacial score (nSPS) is 15.1. The molecule has 1 saturated heterocycles. The van der Waals surface area contributed by atoms with Crippen LogP contribution < -0.4 is 10.1 Å². The average Bonchev–Trinajstić information content (AvgIpc) is 2.87. The SMILES string of the molecule is COc1cccc([C@@H](CCN2CCOCC2)NC(=O)c2ccc(-c3ccnc(F)c3)cc2)c1. The first-order valence-electron chi connectivity index (χ1n) is 11.1. The van der Waals surface area contributed by atoms with Crippen LogP contribution in [0.2, 0.25) is 0 Å². The number of methoxy groups -OCH3 is 1. The third-order valence-corrected chi connectivity index (χ3v) is 5.85. The van der Waals surface area contributed by atoms with Crippen molar-refractivity contribution in [3.05, 3.63) is 83.9 Å². The van der Waals surface area contributed by atoms with E-state index in [4.69, 9.17) is 9.47 Å². The topological polar surface area (TPSA) is 63.7 Å². The quantitative estimate of drug-likeness (QED) is 0.525. The molecule has 1 N–H and O–H groups in total. The van der Waals surface area contributed by atoms with Gasteiger partial charge in [0.2, 0.25) is 5.95 Å². The summed E-state index contributed by atoms with van der Waals surface area (Å²) in [5.41, 5.74) is 3.09. The molecule has 0 unspecified atom stereocenters. The maximum absolute atomic E-state index is 13.4. The van der Waals surface area contributed by atoms with E-state index in [0.717, 1.165) is 56.1 Å². The number of aromatic nitrogens is 1. The number of morpholine rings is 1. The third-order valence-electron chi connectivity index (χ3n) is 5.85. The lowest BCUT2D eigenvalue weighted by Crippen LogP contribution is -2.39. The van der Waals surface area contributed by atoms with Crippen LogP contribution in [0.3, 0.4) is 0 Å². The number of benzene rings is 2. The smallest absolute Gasteiger partial charge is 0.251 e. The Morgan fingerprint density at radius 1 is 1.12 bits per heavy atom. The summed E-state index contributed by atoms with van der Waals surface area (Å²) in [6, 6.07) is 17.9. The molecule has 0 aliphatic carbocycles. The van der Waals surface area contributed by atoms with Crippen molar-refractivity contribution in [3.8, 4) is 16.9 Å². The number of hydrogen-bond acceptors (Lipinski definition) is 5. The van der Waals surface area contributed by atoms with E-state index in [1.54, 1.807) is 25.3 Å². The molecule has 1 aliphatic heterocycles. The van der Waals surface area contributed by atoms with Crippen LogP contribution in [-0.4, -0.2) is 55.7 Å². The van der Waals surface area contributed by atoms with Gasteiger partial charge < -0.3 is 14.8 Å². The highest BCUT2D eigenvalue weighted by atomic mass is 19.1. The van der Waals surface area contributed by atoms with Crippen molar-refractivity contribution in [2.75, 3.05) is 40.0 Å². The van der Waals surface area contributed by atoms with Crippen molar-refractivity contribution in [2.45, 2.75) is 12.5 Å². The molecule has 4 rings (SSSR count). The predicted molar refractivity (Wildman–Crippen MR) is 125 cm³/mol. The van der Waals surface area contributed by atoms with Gasteiger partial charge in [0.25, 0.3) is 5.91 Å². The van der Waals surface area contributed by atoms with Gasteiger partial charge in [-0.15, -0.1) is 0 Å². The van der Waals surface area contributed by atoms with E-state index in [1.165, 1.54) is 12.3 Å². The van der Waals surface area contributed by atoms with Crippen LogP contribution in [0.1, 0.15) is 28.4 Å². The monoisotopic (exact) mass is 449 g/mol. The Kier molecular flexibility index (Phi) is 7.65. The summed E-state index contributed by atoms with van der Waals surface area (Å²) >= 11 is 0. The number of carbonyl (C=O) groups excluding carboxylic acids is 1.